The van der Waals surface area contributed by atoms with Crippen LogP contribution in [-0.4, -0.2) is 24.2 Å². The molecule has 1 aromatic carbocycles. The third-order valence-electron chi connectivity index (χ3n) is 3.31. The van der Waals surface area contributed by atoms with Crippen LogP contribution in [0.5, 0.6) is 0 Å². The van der Waals surface area contributed by atoms with Crippen LogP contribution < -0.4 is 11.1 Å². The minimum atomic E-state index is -0.536. The summed E-state index contributed by atoms with van der Waals surface area (Å²) in [5.41, 5.74) is 6.34. The van der Waals surface area contributed by atoms with Gasteiger partial charge >= 0.3 is 0 Å². The molecule has 1 unspecified atom stereocenters. The number of hydrogen-bond donors (Lipinski definition) is 3. The smallest absolute Gasteiger partial charge is 0.254 e. The lowest BCUT2D eigenvalue weighted by molar-refractivity contribution is 0.0938. The lowest BCUT2D eigenvalue weighted by atomic mass is 10.00. The van der Waals surface area contributed by atoms with Crippen LogP contribution in [0.25, 0.3) is 0 Å². The molecule has 0 aliphatic rings. The summed E-state index contributed by atoms with van der Waals surface area (Å²) in [4.78, 5) is 12.0. The zero-order chi connectivity index (χ0) is 15.1. The average molecular weight is 282 g/mol. The monoisotopic (exact) mass is 282 g/mol. The van der Waals surface area contributed by atoms with Crippen LogP contribution in [0.1, 0.15) is 42.1 Å². The van der Waals surface area contributed by atoms with Crippen molar-refractivity contribution in [2.75, 3.05) is 18.9 Å². The van der Waals surface area contributed by atoms with Crippen molar-refractivity contribution in [1.82, 2.24) is 5.32 Å². The van der Waals surface area contributed by atoms with Crippen molar-refractivity contribution >= 4 is 11.6 Å². The molecule has 0 spiro atoms. The zero-order valence-corrected chi connectivity index (χ0v) is 12.1. The van der Waals surface area contributed by atoms with E-state index < -0.39 is 11.7 Å². The number of hydrogen-bond acceptors (Lipinski definition) is 3. The predicted molar refractivity (Wildman–Crippen MR) is 78.0 cm³/mol. The van der Waals surface area contributed by atoms with E-state index in [0.29, 0.717) is 24.2 Å². The third-order valence-corrected chi connectivity index (χ3v) is 3.31. The summed E-state index contributed by atoms with van der Waals surface area (Å²) in [7, 11) is 0. The van der Waals surface area contributed by atoms with Gasteiger partial charge in [0.15, 0.2) is 0 Å². The Hall–Kier alpha value is -1.62. The van der Waals surface area contributed by atoms with Crippen LogP contribution in [0, 0.1) is 18.7 Å². The van der Waals surface area contributed by atoms with E-state index >= 15 is 0 Å². The number of carbonyl (C=O) groups is 1. The highest BCUT2D eigenvalue weighted by Crippen LogP contribution is 2.17. The number of nitrogens with two attached hydrogens (primary N) is 1. The molecule has 5 heteroatoms. The summed E-state index contributed by atoms with van der Waals surface area (Å²) in [6.45, 7) is 4.15. The summed E-state index contributed by atoms with van der Waals surface area (Å²) >= 11 is 0. The molecular formula is C15H23FN2O2. The van der Waals surface area contributed by atoms with Crippen LogP contribution in [0.2, 0.25) is 0 Å². The van der Waals surface area contributed by atoms with E-state index in [2.05, 4.69) is 5.32 Å². The Morgan fingerprint density at radius 1 is 1.45 bits per heavy atom. The van der Waals surface area contributed by atoms with Crippen LogP contribution in [0.15, 0.2) is 12.1 Å². The summed E-state index contributed by atoms with van der Waals surface area (Å²) in [6, 6.07) is 2.84. The second kappa shape index (κ2) is 7.85. The summed E-state index contributed by atoms with van der Waals surface area (Å²) in [5, 5.41) is 11.7. The fourth-order valence-corrected chi connectivity index (χ4v) is 2.23. The molecule has 1 rings (SSSR count). The van der Waals surface area contributed by atoms with Crippen LogP contribution >= 0.6 is 0 Å². The molecule has 0 bridgehead atoms. The van der Waals surface area contributed by atoms with Gasteiger partial charge in [0.1, 0.15) is 5.82 Å². The van der Waals surface area contributed by atoms with Gasteiger partial charge in [0.25, 0.3) is 5.91 Å². The van der Waals surface area contributed by atoms with E-state index in [4.69, 9.17) is 10.8 Å². The van der Waals surface area contributed by atoms with Gasteiger partial charge in [-0.15, -0.1) is 0 Å². The van der Waals surface area contributed by atoms with E-state index in [1.54, 1.807) is 6.92 Å². The number of anilines is 1. The normalized spacial score (nSPS) is 12.2. The van der Waals surface area contributed by atoms with E-state index in [1.165, 1.54) is 12.1 Å². The highest BCUT2D eigenvalue weighted by molar-refractivity contribution is 5.95. The SMILES string of the molecule is CCCC(CCO)CNC(=O)c1cc(N)cc(C)c1F. The number of benzene rings is 1. The molecule has 0 aliphatic heterocycles. The maximum absolute atomic E-state index is 13.9. The minimum absolute atomic E-state index is 0.0262. The minimum Gasteiger partial charge on any atom is -0.399 e. The fourth-order valence-electron chi connectivity index (χ4n) is 2.23. The number of aliphatic hydroxyl groups is 1. The van der Waals surface area contributed by atoms with Crippen molar-refractivity contribution in [3.63, 3.8) is 0 Å². The van der Waals surface area contributed by atoms with Crippen LogP contribution in [0.4, 0.5) is 10.1 Å². The quantitative estimate of drug-likeness (QED) is 0.671. The van der Waals surface area contributed by atoms with Crippen LogP contribution in [-0.2, 0) is 0 Å². The number of carbonyl (C=O) groups excluding carboxylic acids is 1. The van der Waals surface area contributed by atoms with Gasteiger partial charge in [-0.3, -0.25) is 4.79 Å². The maximum atomic E-state index is 13.9. The van der Waals surface area contributed by atoms with E-state index in [9.17, 15) is 9.18 Å². The van der Waals surface area contributed by atoms with Gasteiger partial charge in [-0.1, -0.05) is 13.3 Å². The number of aryl methyl sites for hydroxylation is 1. The van der Waals surface area contributed by atoms with Crippen molar-refractivity contribution in [2.45, 2.75) is 33.1 Å². The van der Waals surface area contributed by atoms with Crippen molar-refractivity contribution in [3.05, 3.63) is 29.1 Å². The first-order valence-electron chi connectivity index (χ1n) is 6.94. The second-order valence-electron chi connectivity index (χ2n) is 5.08. The van der Waals surface area contributed by atoms with Gasteiger partial charge < -0.3 is 16.2 Å². The van der Waals surface area contributed by atoms with Gasteiger partial charge in [0.2, 0.25) is 0 Å². The Morgan fingerprint density at radius 2 is 2.15 bits per heavy atom. The van der Waals surface area contributed by atoms with Crippen molar-refractivity contribution in [3.8, 4) is 0 Å². The highest BCUT2D eigenvalue weighted by atomic mass is 19.1. The number of nitrogens with one attached hydrogen (secondary N) is 1. The molecule has 4 N–H and O–H groups in total. The molecule has 0 aromatic heterocycles. The summed E-state index contributed by atoms with van der Waals surface area (Å²) in [6.07, 6.45) is 2.53. The Kier molecular flexibility index (Phi) is 6.45. The number of rotatable bonds is 7. The molecule has 0 aliphatic carbocycles. The van der Waals surface area contributed by atoms with Gasteiger partial charge in [-0.2, -0.15) is 0 Å². The summed E-state index contributed by atoms with van der Waals surface area (Å²) < 4.78 is 13.9. The van der Waals surface area contributed by atoms with E-state index in [1.807, 2.05) is 6.92 Å². The van der Waals surface area contributed by atoms with Gasteiger partial charge in [0.05, 0.1) is 5.56 Å². The fraction of sp³-hybridized carbons (Fsp3) is 0.533. The second-order valence-corrected chi connectivity index (χ2v) is 5.08. The van der Waals surface area contributed by atoms with E-state index in [0.717, 1.165) is 12.8 Å². The molecule has 20 heavy (non-hydrogen) atoms. The first kappa shape index (κ1) is 16.4. The standard InChI is InChI=1S/C15H23FN2O2/c1-3-4-11(5-6-19)9-18-15(20)13-8-12(17)7-10(2)14(13)16/h7-8,11,19H,3-6,9,17H2,1-2H3,(H,18,20). The van der Waals surface area contributed by atoms with Crippen molar-refractivity contribution < 1.29 is 14.3 Å². The molecule has 4 nitrogen and oxygen atoms in total. The molecule has 0 radical (unpaired) electrons. The Bertz CT molecular complexity index is 457. The van der Waals surface area contributed by atoms with Crippen molar-refractivity contribution in [2.24, 2.45) is 5.92 Å². The Morgan fingerprint density at radius 3 is 2.75 bits per heavy atom. The molecule has 1 atom stereocenters. The summed E-state index contributed by atoms with van der Waals surface area (Å²) in [5.74, 6) is -0.790. The van der Waals surface area contributed by atoms with Gasteiger partial charge in [-0.05, 0) is 43.4 Å². The molecule has 0 saturated heterocycles. The molecule has 112 valence electrons. The molecule has 1 aromatic rings. The molecule has 1 amide bonds. The first-order valence-corrected chi connectivity index (χ1v) is 6.94. The topological polar surface area (TPSA) is 75.3 Å². The predicted octanol–water partition coefficient (Wildman–Crippen LogP) is 2.24. The number of aliphatic hydroxyl groups excluding tert-OH is 1. The average Bonchev–Trinajstić information content (AvgIpc) is 2.40. The Labute approximate surface area is 119 Å². The molecular weight excluding hydrogens is 259 g/mol. The highest BCUT2D eigenvalue weighted by Gasteiger charge is 2.16. The largest absolute Gasteiger partial charge is 0.399 e. The molecule has 0 heterocycles. The molecule has 0 fully saturated rings. The zero-order valence-electron chi connectivity index (χ0n) is 12.1. The Balaban J connectivity index is 2.71. The van der Waals surface area contributed by atoms with E-state index in [-0.39, 0.29) is 18.1 Å². The van der Waals surface area contributed by atoms with Crippen LogP contribution in [0.3, 0.4) is 0 Å². The molecule has 0 saturated carbocycles. The lowest BCUT2D eigenvalue weighted by Crippen LogP contribution is -2.30. The number of halogens is 1. The van der Waals surface area contributed by atoms with Crippen molar-refractivity contribution in [1.29, 1.82) is 0 Å². The number of amides is 1. The van der Waals surface area contributed by atoms with Gasteiger partial charge in [-0.25, -0.2) is 4.39 Å². The van der Waals surface area contributed by atoms with Gasteiger partial charge in [0, 0.05) is 18.8 Å². The number of nitrogen functional groups attached to an aromatic ring is 1. The first-order chi connectivity index (χ1) is 9.49. The third kappa shape index (κ3) is 4.49. The lowest BCUT2D eigenvalue weighted by Gasteiger charge is -2.16. The maximum Gasteiger partial charge on any atom is 0.254 e.